The molecule has 0 aliphatic heterocycles. The van der Waals surface area contributed by atoms with Crippen molar-refractivity contribution in [1.29, 1.82) is 0 Å². The molecule has 4 N–H and O–H groups in total. The quantitative estimate of drug-likeness (QED) is 0.387. The van der Waals surface area contributed by atoms with E-state index in [1.54, 1.807) is 0 Å². The maximum atomic E-state index is 11.8. The molecule has 8 nitrogen and oxygen atoms in total. The monoisotopic (exact) mass is 308 g/mol. The number of aliphatic carboxylic acids is 2. The first-order valence-electron chi connectivity index (χ1n) is 6.73. The van der Waals surface area contributed by atoms with Crippen molar-refractivity contribution in [3.63, 3.8) is 0 Å². The van der Waals surface area contributed by atoms with Crippen LogP contribution >= 0.6 is 0 Å². The van der Waals surface area contributed by atoms with Gasteiger partial charge in [-0.05, 0) is 20.3 Å². The molecule has 2 atom stereocenters. The summed E-state index contributed by atoms with van der Waals surface area (Å²) in [5.41, 5.74) is -1.58. The van der Waals surface area contributed by atoms with E-state index in [4.69, 9.17) is 24.8 Å². The van der Waals surface area contributed by atoms with Crippen LogP contribution in [0.15, 0.2) is 0 Å². The van der Waals surface area contributed by atoms with Crippen LogP contribution in [0.25, 0.3) is 0 Å². The number of hydrogen-bond acceptors (Lipinski definition) is 6. The van der Waals surface area contributed by atoms with Crippen molar-refractivity contribution in [1.82, 2.24) is 0 Å². The third-order valence-corrected chi connectivity index (χ3v) is 3.52. The van der Waals surface area contributed by atoms with Gasteiger partial charge in [-0.3, -0.25) is 9.59 Å². The first-order chi connectivity index (χ1) is 9.82. The van der Waals surface area contributed by atoms with E-state index in [9.17, 15) is 14.7 Å². The smallest absolute Gasteiger partial charge is 0.314 e. The SMILES string of the molecule is CC(OCCO)C(CCC(=O)O)(C(=O)O)C(C)OCCO. The average Bonchev–Trinajstić information content (AvgIpc) is 2.42. The Morgan fingerprint density at radius 1 is 1.00 bits per heavy atom. The van der Waals surface area contributed by atoms with Gasteiger partial charge in [0.05, 0.1) is 38.6 Å². The fraction of sp³-hybridized carbons (Fsp3) is 0.846. The van der Waals surface area contributed by atoms with E-state index < -0.39 is 29.6 Å². The Hall–Kier alpha value is -1.22. The highest BCUT2D eigenvalue weighted by atomic mass is 16.5. The molecule has 124 valence electrons. The molecule has 0 bridgehead atoms. The van der Waals surface area contributed by atoms with Crippen molar-refractivity contribution in [2.24, 2.45) is 5.41 Å². The Morgan fingerprint density at radius 3 is 1.71 bits per heavy atom. The summed E-state index contributed by atoms with van der Waals surface area (Å²) in [6, 6.07) is 0. The van der Waals surface area contributed by atoms with E-state index >= 15 is 0 Å². The van der Waals surface area contributed by atoms with Gasteiger partial charge in [-0.15, -0.1) is 0 Å². The summed E-state index contributed by atoms with van der Waals surface area (Å²) in [5.74, 6) is -2.36. The number of rotatable bonds is 12. The largest absolute Gasteiger partial charge is 0.481 e. The van der Waals surface area contributed by atoms with Gasteiger partial charge in [0.2, 0.25) is 0 Å². The highest BCUT2D eigenvalue weighted by Gasteiger charge is 2.50. The molecule has 0 saturated carbocycles. The highest BCUT2D eigenvalue weighted by molar-refractivity contribution is 5.77. The second kappa shape index (κ2) is 9.67. The van der Waals surface area contributed by atoms with E-state index in [2.05, 4.69) is 0 Å². The molecule has 0 spiro atoms. The summed E-state index contributed by atoms with van der Waals surface area (Å²) in [4.78, 5) is 22.6. The highest BCUT2D eigenvalue weighted by Crippen LogP contribution is 2.36. The maximum Gasteiger partial charge on any atom is 0.314 e. The van der Waals surface area contributed by atoms with Crippen molar-refractivity contribution >= 4 is 11.9 Å². The van der Waals surface area contributed by atoms with Crippen molar-refractivity contribution < 1.29 is 39.5 Å². The topological polar surface area (TPSA) is 134 Å². The molecule has 0 aliphatic carbocycles. The summed E-state index contributed by atoms with van der Waals surface area (Å²) >= 11 is 0. The standard InChI is InChI=1S/C13H24O8/c1-9(20-7-5-14)13(12(18)19,4-3-11(16)17)10(2)21-8-6-15/h9-10,14-15H,3-8H2,1-2H3,(H,16,17)(H,18,19). The second-order valence-electron chi connectivity index (χ2n) is 4.71. The Kier molecular flexibility index (Phi) is 9.11. The van der Waals surface area contributed by atoms with Gasteiger partial charge in [-0.2, -0.15) is 0 Å². The first kappa shape index (κ1) is 19.8. The second-order valence-corrected chi connectivity index (χ2v) is 4.71. The van der Waals surface area contributed by atoms with Crippen LogP contribution in [-0.4, -0.2) is 71.0 Å². The number of aliphatic hydroxyl groups is 2. The minimum absolute atomic E-state index is 0.0595. The molecule has 0 rings (SSSR count). The van der Waals surface area contributed by atoms with Gasteiger partial charge in [-0.1, -0.05) is 0 Å². The van der Waals surface area contributed by atoms with E-state index in [0.717, 1.165) is 0 Å². The number of carbonyl (C=O) groups is 2. The predicted molar refractivity (Wildman–Crippen MR) is 71.9 cm³/mol. The Bertz CT molecular complexity index is 316. The number of ether oxygens (including phenoxy) is 2. The van der Waals surface area contributed by atoms with Crippen LogP contribution in [0.4, 0.5) is 0 Å². The molecule has 0 saturated heterocycles. The lowest BCUT2D eigenvalue weighted by Gasteiger charge is -2.39. The fourth-order valence-corrected chi connectivity index (χ4v) is 2.26. The maximum absolute atomic E-state index is 11.8. The molecule has 8 heteroatoms. The number of carboxylic acid groups (broad SMARTS) is 2. The van der Waals surface area contributed by atoms with Gasteiger partial charge in [0, 0.05) is 6.42 Å². The lowest BCUT2D eigenvalue weighted by molar-refractivity contribution is -0.180. The van der Waals surface area contributed by atoms with Crippen molar-refractivity contribution in [2.45, 2.75) is 38.9 Å². The number of hydrogen-bond donors (Lipinski definition) is 4. The van der Waals surface area contributed by atoms with Crippen LogP contribution < -0.4 is 0 Å². The Morgan fingerprint density at radius 2 is 1.43 bits per heavy atom. The zero-order valence-corrected chi connectivity index (χ0v) is 12.3. The van der Waals surface area contributed by atoms with E-state index in [1.165, 1.54) is 13.8 Å². The molecule has 0 aromatic heterocycles. The molecule has 0 radical (unpaired) electrons. The molecular formula is C13H24O8. The summed E-state index contributed by atoms with van der Waals surface area (Å²) < 4.78 is 10.6. The van der Waals surface area contributed by atoms with E-state index in [0.29, 0.717) is 0 Å². The number of carboxylic acids is 2. The van der Waals surface area contributed by atoms with Crippen molar-refractivity contribution in [3.8, 4) is 0 Å². The van der Waals surface area contributed by atoms with E-state index in [-0.39, 0.29) is 39.3 Å². The van der Waals surface area contributed by atoms with Crippen molar-refractivity contribution in [3.05, 3.63) is 0 Å². The lowest BCUT2D eigenvalue weighted by Crippen LogP contribution is -2.52. The molecular weight excluding hydrogens is 284 g/mol. The minimum Gasteiger partial charge on any atom is -0.481 e. The van der Waals surface area contributed by atoms with Gasteiger partial charge in [0.1, 0.15) is 5.41 Å². The Labute approximate surface area is 123 Å². The van der Waals surface area contributed by atoms with Gasteiger partial charge in [0.25, 0.3) is 0 Å². The van der Waals surface area contributed by atoms with Crippen LogP contribution in [-0.2, 0) is 19.1 Å². The summed E-state index contributed by atoms with van der Waals surface area (Å²) in [7, 11) is 0. The molecule has 0 heterocycles. The molecule has 0 aromatic carbocycles. The summed E-state index contributed by atoms with van der Waals surface area (Å²) in [6.07, 6.45) is -2.27. The normalized spacial score (nSPS) is 17.0. The summed E-state index contributed by atoms with van der Waals surface area (Å²) in [5, 5.41) is 36.0. The zero-order valence-electron chi connectivity index (χ0n) is 12.3. The van der Waals surface area contributed by atoms with Gasteiger partial charge >= 0.3 is 11.9 Å². The van der Waals surface area contributed by atoms with Crippen LogP contribution in [0.1, 0.15) is 26.7 Å². The Balaban J connectivity index is 5.30. The number of aliphatic hydroxyl groups excluding tert-OH is 2. The van der Waals surface area contributed by atoms with Gasteiger partial charge < -0.3 is 29.9 Å². The van der Waals surface area contributed by atoms with Crippen LogP contribution in [0.3, 0.4) is 0 Å². The zero-order chi connectivity index (χ0) is 16.5. The van der Waals surface area contributed by atoms with E-state index in [1.807, 2.05) is 0 Å². The molecule has 0 fully saturated rings. The van der Waals surface area contributed by atoms with Gasteiger partial charge in [-0.25, -0.2) is 0 Å². The third-order valence-electron chi connectivity index (χ3n) is 3.52. The molecule has 0 aliphatic rings. The molecule has 0 amide bonds. The van der Waals surface area contributed by atoms with Crippen LogP contribution in [0.2, 0.25) is 0 Å². The lowest BCUT2D eigenvalue weighted by atomic mass is 9.74. The third kappa shape index (κ3) is 5.58. The average molecular weight is 308 g/mol. The van der Waals surface area contributed by atoms with Crippen molar-refractivity contribution in [2.75, 3.05) is 26.4 Å². The summed E-state index contributed by atoms with van der Waals surface area (Å²) in [6.45, 7) is 2.34. The predicted octanol–water partition coefficient (Wildman–Crippen LogP) is -0.283. The van der Waals surface area contributed by atoms with Crippen LogP contribution in [0.5, 0.6) is 0 Å². The molecule has 0 aromatic rings. The molecule has 2 unspecified atom stereocenters. The van der Waals surface area contributed by atoms with Gasteiger partial charge in [0.15, 0.2) is 0 Å². The first-order valence-corrected chi connectivity index (χ1v) is 6.73. The fourth-order valence-electron chi connectivity index (χ4n) is 2.26. The molecule has 21 heavy (non-hydrogen) atoms. The van der Waals surface area contributed by atoms with Crippen LogP contribution in [0, 0.1) is 5.41 Å². The minimum atomic E-state index is -1.58.